The normalized spacial score (nSPS) is 20.9. The fraction of sp³-hybridized carbons (Fsp3) is 0.692. The molecule has 1 saturated heterocycles. The molecule has 0 unspecified atom stereocenters. The standard InChI is InChI=1S/C26H40O9/c1-25(2,3)19-13-18(14-20(24(19)29)26(4,5)6)21-15-35-23(28)17-32-8-7-31-16-22(27)34-12-10-30-9-11-33-21/h13-14,21,29H,7-12,15-17H2,1-6H3/t21-/m1/s1. The van der Waals surface area contributed by atoms with Crippen LogP contribution in [0.3, 0.4) is 0 Å². The van der Waals surface area contributed by atoms with Gasteiger partial charge in [0.25, 0.3) is 0 Å². The minimum atomic E-state index is -0.578. The molecule has 9 heteroatoms. The number of esters is 2. The molecule has 1 atom stereocenters. The Bertz CT molecular complexity index is 801. The summed E-state index contributed by atoms with van der Waals surface area (Å²) < 4.78 is 32.5. The summed E-state index contributed by atoms with van der Waals surface area (Å²) in [6.07, 6.45) is -0.578. The molecule has 1 heterocycles. The van der Waals surface area contributed by atoms with Crippen molar-refractivity contribution in [2.45, 2.75) is 58.5 Å². The Morgan fingerprint density at radius 1 is 0.714 bits per heavy atom. The van der Waals surface area contributed by atoms with Crippen LogP contribution in [0.25, 0.3) is 0 Å². The van der Waals surface area contributed by atoms with Gasteiger partial charge in [0.1, 0.15) is 38.3 Å². The molecular formula is C26H40O9. The van der Waals surface area contributed by atoms with Gasteiger partial charge in [-0.05, 0) is 39.7 Å². The first kappa shape index (κ1) is 29.0. The van der Waals surface area contributed by atoms with Gasteiger partial charge in [0.15, 0.2) is 0 Å². The van der Waals surface area contributed by atoms with Crippen molar-refractivity contribution in [3.8, 4) is 5.75 Å². The summed E-state index contributed by atoms with van der Waals surface area (Å²) in [7, 11) is 0. The van der Waals surface area contributed by atoms with Crippen molar-refractivity contribution in [2.75, 3.05) is 59.5 Å². The third-order valence-corrected chi connectivity index (χ3v) is 5.37. The molecule has 0 aliphatic carbocycles. The average molecular weight is 497 g/mol. The summed E-state index contributed by atoms with van der Waals surface area (Å²) in [6.45, 7) is 12.8. The van der Waals surface area contributed by atoms with E-state index in [1.54, 1.807) is 0 Å². The van der Waals surface area contributed by atoms with E-state index in [0.29, 0.717) is 0 Å². The van der Waals surface area contributed by atoms with Gasteiger partial charge in [0.05, 0.1) is 33.0 Å². The van der Waals surface area contributed by atoms with Crippen molar-refractivity contribution in [1.82, 2.24) is 0 Å². The molecule has 1 aromatic carbocycles. The molecule has 0 radical (unpaired) electrons. The van der Waals surface area contributed by atoms with Crippen molar-refractivity contribution in [3.05, 3.63) is 28.8 Å². The number of aromatic hydroxyl groups is 1. The third kappa shape index (κ3) is 9.76. The first-order valence-corrected chi connectivity index (χ1v) is 11.9. The Morgan fingerprint density at radius 2 is 1.20 bits per heavy atom. The van der Waals surface area contributed by atoms with Crippen LogP contribution in [0.4, 0.5) is 0 Å². The zero-order chi connectivity index (χ0) is 26.1. The second-order valence-electron chi connectivity index (χ2n) is 10.4. The molecule has 35 heavy (non-hydrogen) atoms. The summed E-state index contributed by atoms with van der Waals surface area (Å²) in [6, 6.07) is 3.81. The highest BCUT2D eigenvalue weighted by Gasteiger charge is 2.29. The molecule has 1 N–H and O–H groups in total. The highest BCUT2D eigenvalue weighted by Crippen LogP contribution is 2.41. The van der Waals surface area contributed by atoms with Crippen LogP contribution in [0.1, 0.15) is 64.3 Å². The Hall–Kier alpha value is -2.20. The molecular weight excluding hydrogens is 456 g/mol. The van der Waals surface area contributed by atoms with E-state index in [1.165, 1.54) is 0 Å². The lowest BCUT2D eigenvalue weighted by molar-refractivity contribution is -0.157. The van der Waals surface area contributed by atoms with Crippen molar-refractivity contribution >= 4 is 11.9 Å². The molecule has 0 saturated carbocycles. The fourth-order valence-electron chi connectivity index (χ4n) is 3.47. The number of cyclic esters (lactones) is 2. The highest BCUT2D eigenvalue weighted by atomic mass is 16.6. The lowest BCUT2D eigenvalue weighted by Gasteiger charge is -2.30. The minimum absolute atomic E-state index is 0.0196. The molecule has 1 aromatic rings. The molecule has 0 aromatic heterocycles. The highest BCUT2D eigenvalue weighted by molar-refractivity contribution is 5.71. The predicted octanol–water partition coefficient (Wildman–Crippen LogP) is 3.19. The van der Waals surface area contributed by atoms with E-state index in [4.69, 9.17) is 28.4 Å². The molecule has 2 rings (SSSR count). The molecule has 1 aliphatic rings. The Morgan fingerprint density at radius 3 is 1.74 bits per heavy atom. The van der Waals surface area contributed by atoms with Gasteiger partial charge in [0.2, 0.25) is 0 Å². The second-order valence-corrected chi connectivity index (χ2v) is 10.4. The third-order valence-electron chi connectivity index (χ3n) is 5.37. The molecule has 1 aliphatic heterocycles. The number of rotatable bonds is 1. The molecule has 1 fully saturated rings. The van der Waals surface area contributed by atoms with Crippen LogP contribution in [-0.4, -0.2) is 76.5 Å². The zero-order valence-electron chi connectivity index (χ0n) is 21.8. The second kappa shape index (κ2) is 13.2. The molecule has 198 valence electrons. The number of hydrogen-bond acceptors (Lipinski definition) is 9. The van der Waals surface area contributed by atoms with Gasteiger partial charge in [-0.1, -0.05) is 41.5 Å². The maximum atomic E-state index is 12.2. The Kier molecular flexibility index (Phi) is 11.0. The molecule has 9 nitrogen and oxygen atoms in total. The van der Waals surface area contributed by atoms with Gasteiger partial charge in [0, 0.05) is 0 Å². The number of ether oxygens (including phenoxy) is 6. The van der Waals surface area contributed by atoms with Gasteiger partial charge >= 0.3 is 11.9 Å². The zero-order valence-corrected chi connectivity index (χ0v) is 21.8. The lowest BCUT2D eigenvalue weighted by atomic mass is 9.78. The van der Waals surface area contributed by atoms with E-state index in [2.05, 4.69) is 0 Å². The number of phenols is 1. The summed E-state index contributed by atoms with van der Waals surface area (Å²) in [4.78, 5) is 23.8. The molecule has 0 bridgehead atoms. The first-order chi connectivity index (χ1) is 16.4. The van der Waals surface area contributed by atoms with Crippen LogP contribution < -0.4 is 0 Å². The van der Waals surface area contributed by atoms with Gasteiger partial charge in [-0.3, -0.25) is 0 Å². The quantitative estimate of drug-likeness (QED) is 0.586. The SMILES string of the molecule is CC(C)(C)c1cc([C@H]2COC(=O)COCCOCC(=O)OCCOCCO2)cc(C(C)(C)C)c1O. The van der Waals surface area contributed by atoms with Gasteiger partial charge < -0.3 is 33.5 Å². The van der Waals surface area contributed by atoms with Crippen molar-refractivity contribution in [3.63, 3.8) is 0 Å². The van der Waals surface area contributed by atoms with Crippen LogP contribution in [0.2, 0.25) is 0 Å². The van der Waals surface area contributed by atoms with Crippen LogP contribution >= 0.6 is 0 Å². The van der Waals surface area contributed by atoms with Gasteiger partial charge in [-0.25, -0.2) is 9.59 Å². The minimum Gasteiger partial charge on any atom is -0.507 e. The van der Waals surface area contributed by atoms with Crippen LogP contribution in [0.5, 0.6) is 5.75 Å². The number of carbonyl (C=O) groups excluding carboxylic acids is 2. The number of benzene rings is 1. The van der Waals surface area contributed by atoms with Gasteiger partial charge in [-0.2, -0.15) is 0 Å². The topological polar surface area (TPSA) is 110 Å². The maximum absolute atomic E-state index is 12.2. The van der Waals surface area contributed by atoms with Crippen molar-refractivity contribution < 1.29 is 43.1 Å². The van der Waals surface area contributed by atoms with E-state index in [-0.39, 0.29) is 76.0 Å². The van der Waals surface area contributed by atoms with E-state index in [9.17, 15) is 14.7 Å². The molecule has 0 amide bonds. The summed E-state index contributed by atoms with van der Waals surface area (Å²) in [5.74, 6) is -0.775. The largest absolute Gasteiger partial charge is 0.507 e. The Labute approximate surface area is 208 Å². The van der Waals surface area contributed by atoms with Gasteiger partial charge in [-0.15, -0.1) is 0 Å². The van der Waals surface area contributed by atoms with E-state index in [0.717, 1.165) is 16.7 Å². The summed E-state index contributed by atoms with van der Waals surface area (Å²) >= 11 is 0. The summed E-state index contributed by atoms with van der Waals surface area (Å²) in [5, 5.41) is 11.0. The monoisotopic (exact) mass is 496 g/mol. The fourth-order valence-corrected chi connectivity index (χ4v) is 3.47. The maximum Gasteiger partial charge on any atom is 0.332 e. The van der Waals surface area contributed by atoms with E-state index in [1.807, 2.05) is 53.7 Å². The number of carbonyl (C=O) groups is 2. The average Bonchev–Trinajstić information content (AvgIpc) is 2.75. The lowest BCUT2D eigenvalue weighted by Crippen LogP contribution is -2.24. The first-order valence-electron chi connectivity index (χ1n) is 11.9. The summed E-state index contributed by atoms with van der Waals surface area (Å²) in [5.41, 5.74) is 1.74. The molecule has 0 spiro atoms. The van der Waals surface area contributed by atoms with Crippen LogP contribution in [0, 0.1) is 0 Å². The smallest absolute Gasteiger partial charge is 0.332 e. The van der Waals surface area contributed by atoms with E-state index < -0.39 is 18.0 Å². The van der Waals surface area contributed by atoms with E-state index >= 15 is 0 Å². The number of hydrogen-bond donors (Lipinski definition) is 1. The van der Waals surface area contributed by atoms with Crippen LogP contribution in [-0.2, 0) is 48.8 Å². The Balaban J connectivity index is 2.25. The number of phenolic OH excluding ortho intramolecular Hbond substituents is 1. The predicted molar refractivity (Wildman–Crippen MR) is 129 cm³/mol. The van der Waals surface area contributed by atoms with Crippen molar-refractivity contribution in [1.29, 1.82) is 0 Å². The van der Waals surface area contributed by atoms with Crippen LogP contribution in [0.15, 0.2) is 12.1 Å². The van der Waals surface area contributed by atoms with Crippen molar-refractivity contribution in [2.24, 2.45) is 0 Å².